The van der Waals surface area contributed by atoms with E-state index in [2.05, 4.69) is 15.3 Å². The van der Waals surface area contributed by atoms with Crippen molar-refractivity contribution in [2.24, 2.45) is 0 Å². The first-order valence-electron chi connectivity index (χ1n) is 5.62. The van der Waals surface area contributed by atoms with E-state index in [9.17, 15) is 18.0 Å². The molecule has 0 spiro atoms. The third-order valence-corrected chi connectivity index (χ3v) is 3.42. The summed E-state index contributed by atoms with van der Waals surface area (Å²) in [5.74, 6) is 0.338. The van der Waals surface area contributed by atoms with E-state index in [1.54, 1.807) is 11.4 Å². The molecule has 0 saturated carbocycles. The van der Waals surface area contributed by atoms with Gasteiger partial charge in [0.05, 0.1) is 18.5 Å². The van der Waals surface area contributed by atoms with Crippen molar-refractivity contribution in [2.75, 3.05) is 0 Å². The number of H-pyrrole nitrogens is 1. The zero-order valence-corrected chi connectivity index (χ0v) is 10.9. The van der Waals surface area contributed by atoms with Crippen molar-refractivity contribution in [1.82, 2.24) is 15.3 Å². The highest BCUT2D eigenvalue weighted by molar-refractivity contribution is 7.17. The topological polar surface area (TPSA) is 57.8 Å². The van der Waals surface area contributed by atoms with E-state index in [1.807, 2.05) is 0 Å². The van der Waals surface area contributed by atoms with Crippen LogP contribution in [0, 0.1) is 0 Å². The monoisotopic (exact) mass is 291 g/mol. The molecule has 2 aromatic rings. The standard InChI is InChI=1S/C11H12F3N3OS/c1-6(4-11(12,13)14)15-5-8-16-7-2-3-19-9(7)10(18)17-8/h2-3,6,15H,4-5H2,1H3,(H,16,17,18). The molecule has 0 bridgehead atoms. The summed E-state index contributed by atoms with van der Waals surface area (Å²) in [5.41, 5.74) is 0.300. The molecule has 19 heavy (non-hydrogen) atoms. The highest BCUT2D eigenvalue weighted by Crippen LogP contribution is 2.21. The Hall–Kier alpha value is -1.41. The second kappa shape index (κ2) is 5.30. The van der Waals surface area contributed by atoms with Crippen LogP contribution < -0.4 is 10.9 Å². The maximum atomic E-state index is 12.2. The molecule has 2 rings (SSSR count). The predicted molar refractivity (Wildman–Crippen MR) is 67.2 cm³/mol. The molecule has 0 amide bonds. The number of hydrogen-bond acceptors (Lipinski definition) is 4. The van der Waals surface area contributed by atoms with Crippen molar-refractivity contribution in [2.45, 2.75) is 32.1 Å². The molecular weight excluding hydrogens is 279 g/mol. The van der Waals surface area contributed by atoms with Crippen LogP contribution in [-0.2, 0) is 6.54 Å². The Balaban J connectivity index is 2.04. The Labute approximate surface area is 110 Å². The lowest BCUT2D eigenvalue weighted by molar-refractivity contribution is -0.139. The predicted octanol–water partition coefficient (Wildman–Crippen LogP) is 2.42. The number of thiophene rings is 1. The molecule has 4 nitrogen and oxygen atoms in total. The summed E-state index contributed by atoms with van der Waals surface area (Å²) in [7, 11) is 0. The number of nitrogens with one attached hydrogen (secondary N) is 2. The van der Waals surface area contributed by atoms with Crippen LogP contribution in [0.25, 0.3) is 10.2 Å². The van der Waals surface area contributed by atoms with Gasteiger partial charge in [-0.1, -0.05) is 0 Å². The van der Waals surface area contributed by atoms with E-state index in [0.29, 0.717) is 16.0 Å². The lowest BCUT2D eigenvalue weighted by Crippen LogP contribution is -2.31. The first-order valence-corrected chi connectivity index (χ1v) is 6.49. The van der Waals surface area contributed by atoms with Crippen LogP contribution in [0.5, 0.6) is 0 Å². The average molecular weight is 291 g/mol. The number of halogens is 3. The first-order chi connectivity index (χ1) is 8.85. The molecular formula is C11H12F3N3OS. The average Bonchev–Trinajstić information content (AvgIpc) is 2.72. The van der Waals surface area contributed by atoms with Crippen molar-refractivity contribution in [3.05, 3.63) is 27.6 Å². The summed E-state index contributed by atoms with van der Waals surface area (Å²) in [5, 5.41) is 4.44. The molecule has 2 aromatic heterocycles. The lowest BCUT2D eigenvalue weighted by atomic mass is 10.2. The van der Waals surface area contributed by atoms with Gasteiger partial charge < -0.3 is 10.3 Å². The van der Waals surface area contributed by atoms with Crippen LogP contribution in [0.3, 0.4) is 0 Å². The normalized spacial score (nSPS) is 13.9. The lowest BCUT2D eigenvalue weighted by Gasteiger charge is -2.15. The Bertz CT molecular complexity index is 619. The molecule has 0 saturated heterocycles. The Morgan fingerprint density at radius 3 is 2.95 bits per heavy atom. The van der Waals surface area contributed by atoms with Gasteiger partial charge in [0, 0.05) is 6.04 Å². The van der Waals surface area contributed by atoms with Crippen LogP contribution in [0.4, 0.5) is 13.2 Å². The van der Waals surface area contributed by atoms with E-state index >= 15 is 0 Å². The molecule has 0 fully saturated rings. The maximum absolute atomic E-state index is 12.2. The zero-order valence-electron chi connectivity index (χ0n) is 10.0. The number of rotatable bonds is 4. The summed E-state index contributed by atoms with van der Waals surface area (Å²) in [6, 6.07) is 0.973. The Morgan fingerprint density at radius 1 is 1.53 bits per heavy atom. The van der Waals surface area contributed by atoms with Gasteiger partial charge in [-0.3, -0.25) is 4.79 Å². The van der Waals surface area contributed by atoms with Gasteiger partial charge in [0.1, 0.15) is 10.5 Å². The van der Waals surface area contributed by atoms with Crippen molar-refractivity contribution in [3.8, 4) is 0 Å². The van der Waals surface area contributed by atoms with E-state index in [0.717, 1.165) is 0 Å². The summed E-state index contributed by atoms with van der Waals surface area (Å²) >= 11 is 1.28. The van der Waals surface area contributed by atoms with E-state index in [1.165, 1.54) is 18.3 Å². The fraction of sp³-hybridized carbons (Fsp3) is 0.455. The number of fused-ring (bicyclic) bond motifs is 1. The summed E-state index contributed by atoms with van der Waals surface area (Å²) in [6.07, 6.45) is -5.12. The number of aromatic amines is 1. The first kappa shape index (κ1) is 14.0. The molecule has 0 aromatic carbocycles. The third-order valence-electron chi connectivity index (χ3n) is 2.52. The highest BCUT2D eigenvalue weighted by Gasteiger charge is 2.29. The molecule has 2 heterocycles. The minimum absolute atomic E-state index is 0.0955. The minimum Gasteiger partial charge on any atom is -0.308 e. The van der Waals surface area contributed by atoms with Gasteiger partial charge in [-0.15, -0.1) is 11.3 Å². The van der Waals surface area contributed by atoms with Crippen molar-refractivity contribution >= 4 is 21.6 Å². The zero-order chi connectivity index (χ0) is 14.0. The fourth-order valence-corrected chi connectivity index (χ4v) is 2.42. The second-order valence-corrected chi connectivity index (χ2v) is 5.16. The van der Waals surface area contributed by atoms with E-state index in [-0.39, 0.29) is 12.1 Å². The van der Waals surface area contributed by atoms with Crippen molar-refractivity contribution in [3.63, 3.8) is 0 Å². The Morgan fingerprint density at radius 2 is 2.26 bits per heavy atom. The minimum atomic E-state index is -4.20. The van der Waals surface area contributed by atoms with Crippen molar-refractivity contribution < 1.29 is 13.2 Å². The molecule has 104 valence electrons. The van der Waals surface area contributed by atoms with Gasteiger partial charge in [-0.2, -0.15) is 13.2 Å². The summed E-state index contributed by atoms with van der Waals surface area (Å²) < 4.78 is 37.0. The van der Waals surface area contributed by atoms with Crippen LogP contribution in [0.1, 0.15) is 19.2 Å². The van der Waals surface area contributed by atoms with Gasteiger partial charge in [0.2, 0.25) is 0 Å². The number of aromatic nitrogens is 2. The molecule has 8 heteroatoms. The van der Waals surface area contributed by atoms with Crippen LogP contribution >= 0.6 is 11.3 Å². The summed E-state index contributed by atoms with van der Waals surface area (Å²) in [6.45, 7) is 1.53. The van der Waals surface area contributed by atoms with Gasteiger partial charge in [0.25, 0.3) is 5.56 Å². The maximum Gasteiger partial charge on any atom is 0.390 e. The van der Waals surface area contributed by atoms with E-state index in [4.69, 9.17) is 0 Å². The van der Waals surface area contributed by atoms with Crippen LogP contribution in [0.15, 0.2) is 16.2 Å². The summed E-state index contributed by atoms with van der Waals surface area (Å²) in [4.78, 5) is 18.4. The van der Waals surface area contributed by atoms with Gasteiger partial charge in [-0.25, -0.2) is 4.98 Å². The number of alkyl halides is 3. The third kappa shape index (κ3) is 3.77. The molecule has 1 unspecified atom stereocenters. The fourth-order valence-electron chi connectivity index (χ4n) is 1.70. The molecule has 1 atom stereocenters. The van der Waals surface area contributed by atoms with E-state index < -0.39 is 18.6 Å². The molecule has 0 aliphatic rings. The second-order valence-electron chi connectivity index (χ2n) is 4.25. The molecule has 0 aliphatic carbocycles. The molecule has 0 aliphatic heterocycles. The smallest absolute Gasteiger partial charge is 0.308 e. The molecule has 0 radical (unpaired) electrons. The van der Waals surface area contributed by atoms with Crippen LogP contribution in [-0.4, -0.2) is 22.2 Å². The number of hydrogen-bond donors (Lipinski definition) is 2. The van der Waals surface area contributed by atoms with Crippen LogP contribution in [0.2, 0.25) is 0 Å². The quantitative estimate of drug-likeness (QED) is 0.909. The number of nitrogens with zero attached hydrogens (tertiary/aromatic N) is 1. The largest absolute Gasteiger partial charge is 0.390 e. The Kier molecular flexibility index (Phi) is 3.91. The van der Waals surface area contributed by atoms with Gasteiger partial charge in [-0.05, 0) is 18.4 Å². The van der Waals surface area contributed by atoms with Gasteiger partial charge in [0.15, 0.2) is 0 Å². The van der Waals surface area contributed by atoms with Crippen molar-refractivity contribution in [1.29, 1.82) is 0 Å². The molecule has 2 N–H and O–H groups in total. The van der Waals surface area contributed by atoms with Gasteiger partial charge >= 0.3 is 6.18 Å². The highest BCUT2D eigenvalue weighted by atomic mass is 32.1. The SMILES string of the molecule is CC(CC(F)(F)F)NCc1nc2ccsc2c(=O)[nH]1.